The van der Waals surface area contributed by atoms with Crippen molar-refractivity contribution in [2.45, 2.75) is 40.2 Å². The van der Waals surface area contributed by atoms with Crippen molar-refractivity contribution in [1.82, 2.24) is 24.8 Å². The maximum atomic E-state index is 12.6. The van der Waals surface area contributed by atoms with E-state index in [1.165, 1.54) is 0 Å². The number of carbonyl (C=O) groups excluding carboxylic acids is 1. The predicted octanol–water partition coefficient (Wildman–Crippen LogP) is 3.51. The number of amides is 1. The first-order chi connectivity index (χ1) is 13.0. The fourth-order valence-corrected chi connectivity index (χ4v) is 3.18. The Morgan fingerprint density at radius 1 is 1.26 bits per heavy atom. The summed E-state index contributed by atoms with van der Waals surface area (Å²) in [6.07, 6.45) is 6.23. The standard InChI is InChI=1S/C21H25N5O/c1-5-19-15(3)24-16(4)25-20(19)17-7-6-8-18(11-17)21(27)23-12-14(2)26-10-9-22-13-26/h6-11,13-14H,5,12H2,1-4H3,(H,23,27). The second-order valence-corrected chi connectivity index (χ2v) is 6.69. The van der Waals surface area contributed by atoms with Crippen LogP contribution in [0.15, 0.2) is 43.0 Å². The van der Waals surface area contributed by atoms with Crippen LogP contribution in [-0.2, 0) is 6.42 Å². The maximum absolute atomic E-state index is 12.6. The lowest BCUT2D eigenvalue weighted by atomic mass is 10.0. The lowest BCUT2D eigenvalue weighted by molar-refractivity contribution is 0.0948. The third kappa shape index (κ3) is 4.22. The summed E-state index contributed by atoms with van der Waals surface area (Å²) in [5, 5.41) is 3.00. The first kappa shape index (κ1) is 18.8. The van der Waals surface area contributed by atoms with Gasteiger partial charge in [-0.05, 0) is 44.9 Å². The van der Waals surface area contributed by atoms with E-state index in [1.807, 2.05) is 55.8 Å². The molecule has 1 N–H and O–H groups in total. The Balaban J connectivity index is 1.81. The van der Waals surface area contributed by atoms with Crippen LogP contribution in [0.25, 0.3) is 11.3 Å². The molecule has 27 heavy (non-hydrogen) atoms. The van der Waals surface area contributed by atoms with Crippen LogP contribution in [0, 0.1) is 13.8 Å². The molecule has 1 amide bonds. The van der Waals surface area contributed by atoms with Crippen molar-refractivity contribution in [1.29, 1.82) is 0 Å². The Labute approximate surface area is 159 Å². The fourth-order valence-electron chi connectivity index (χ4n) is 3.18. The SMILES string of the molecule is CCc1c(C)nc(C)nc1-c1cccc(C(=O)NCC(C)n2ccnc2)c1. The van der Waals surface area contributed by atoms with Gasteiger partial charge in [0, 0.05) is 41.8 Å². The van der Waals surface area contributed by atoms with Gasteiger partial charge in [0.2, 0.25) is 0 Å². The van der Waals surface area contributed by atoms with Crippen LogP contribution in [0.2, 0.25) is 0 Å². The van der Waals surface area contributed by atoms with Gasteiger partial charge < -0.3 is 9.88 Å². The Morgan fingerprint density at radius 3 is 2.78 bits per heavy atom. The number of rotatable bonds is 6. The molecule has 0 saturated heterocycles. The van der Waals surface area contributed by atoms with Gasteiger partial charge in [-0.3, -0.25) is 4.79 Å². The number of carbonyl (C=O) groups is 1. The number of nitrogens with zero attached hydrogens (tertiary/aromatic N) is 4. The van der Waals surface area contributed by atoms with Crippen molar-refractivity contribution < 1.29 is 4.79 Å². The summed E-state index contributed by atoms with van der Waals surface area (Å²) in [4.78, 5) is 25.8. The van der Waals surface area contributed by atoms with Crippen molar-refractivity contribution >= 4 is 5.91 Å². The minimum atomic E-state index is -0.0932. The molecule has 0 aliphatic carbocycles. The highest BCUT2D eigenvalue weighted by molar-refractivity contribution is 5.95. The van der Waals surface area contributed by atoms with E-state index in [0.29, 0.717) is 12.1 Å². The minimum absolute atomic E-state index is 0.0932. The number of hydrogen-bond acceptors (Lipinski definition) is 4. The summed E-state index contributed by atoms with van der Waals surface area (Å²) in [6.45, 7) is 8.57. The molecular formula is C21H25N5O. The topological polar surface area (TPSA) is 72.7 Å². The van der Waals surface area contributed by atoms with Crippen LogP contribution in [0.3, 0.4) is 0 Å². The zero-order valence-electron chi connectivity index (χ0n) is 16.2. The molecule has 2 aromatic heterocycles. The number of aromatic nitrogens is 4. The third-order valence-corrected chi connectivity index (χ3v) is 4.67. The molecule has 0 saturated carbocycles. The number of benzene rings is 1. The first-order valence-corrected chi connectivity index (χ1v) is 9.19. The highest BCUT2D eigenvalue weighted by atomic mass is 16.1. The molecule has 0 fully saturated rings. The Kier molecular flexibility index (Phi) is 5.64. The van der Waals surface area contributed by atoms with E-state index >= 15 is 0 Å². The quantitative estimate of drug-likeness (QED) is 0.727. The van der Waals surface area contributed by atoms with Gasteiger partial charge >= 0.3 is 0 Å². The van der Waals surface area contributed by atoms with Gasteiger partial charge in [0.05, 0.1) is 12.0 Å². The predicted molar refractivity (Wildman–Crippen MR) is 106 cm³/mol. The van der Waals surface area contributed by atoms with Gasteiger partial charge in [0.15, 0.2) is 0 Å². The number of hydrogen-bond donors (Lipinski definition) is 1. The van der Waals surface area contributed by atoms with Gasteiger partial charge in [-0.25, -0.2) is 15.0 Å². The number of nitrogens with one attached hydrogen (secondary N) is 1. The summed E-state index contributed by atoms with van der Waals surface area (Å²) in [7, 11) is 0. The molecule has 0 radical (unpaired) electrons. The molecule has 140 valence electrons. The highest BCUT2D eigenvalue weighted by Gasteiger charge is 2.14. The van der Waals surface area contributed by atoms with Crippen LogP contribution in [0.1, 0.15) is 47.3 Å². The fraction of sp³-hybridized carbons (Fsp3) is 0.333. The molecule has 1 unspecified atom stereocenters. The van der Waals surface area contributed by atoms with Gasteiger partial charge in [0.25, 0.3) is 5.91 Å². The van der Waals surface area contributed by atoms with E-state index < -0.39 is 0 Å². The summed E-state index contributed by atoms with van der Waals surface area (Å²) in [5.41, 5.74) is 4.58. The largest absolute Gasteiger partial charge is 0.350 e. The zero-order chi connectivity index (χ0) is 19.4. The van der Waals surface area contributed by atoms with Gasteiger partial charge in [-0.2, -0.15) is 0 Å². The molecule has 2 heterocycles. The van der Waals surface area contributed by atoms with Gasteiger partial charge in [-0.1, -0.05) is 19.1 Å². The van der Waals surface area contributed by atoms with Crippen molar-refractivity contribution in [3.05, 3.63) is 65.6 Å². The molecule has 6 heteroatoms. The Hall–Kier alpha value is -3.02. The average molecular weight is 363 g/mol. The van der Waals surface area contributed by atoms with Crippen molar-refractivity contribution in [2.24, 2.45) is 0 Å². The lowest BCUT2D eigenvalue weighted by Crippen LogP contribution is -2.29. The first-order valence-electron chi connectivity index (χ1n) is 9.19. The molecule has 3 rings (SSSR count). The smallest absolute Gasteiger partial charge is 0.251 e. The van der Waals surface area contributed by atoms with Crippen molar-refractivity contribution in [2.75, 3.05) is 6.54 Å². The van der Waals surface area contributed by atoms with Crippen LogP contribution >= 0.6 is 0 Å². The summed E-state index contributed by atoms with van der Waals surface area (Å²) in [5.74, 6) is 0.646. The molecule has 0 spiro atoms. The molecule has 3 aromatic rings. The van der Waals surface area contributed by atoms with Crippen LogP contribution in [-0.4, -0.2) is 32.0 Å². The van der Waals surface area contributed by atoms with E-state index in [0.717, 1.165) is 34.8 Å². The van der Waals surface area contributed by atoms with Gasteiger partial charge in [-0.15, -0.1) is 0 Å². The van der Waals surface area contributed by atoms with E-state index in [2.05, 4.69) is 27.2 Å². The van der Waals surface area contributed by atoms with Crippen LogP contribution < -0.4 is 5.32 Å². The normalized spacial score (nSPS) is 12.0. The second-order valence-electron chi connectivity index (χ2n) is 6.69. The Bertz CT molecular complexity index is 934. The van der Waals surface area contributed by atoms with E-state index in [4.69, 9.17) is 0 Å². The molecule has 0 aliphatic rings. The molecular weight excluding hydrogens is 338 g/mol. The summed E-state index contributed by atoms with van der Waals surface area (Å²) in [6, 6.07) is 7.75. The molecule has 0 bridgehead atoms. The van der Waals surface area contributed by atoms with Crippen LogP contribution in [0.4, 0.5) is 0 Å². The molecule has 1 aromatic carbocycles. The van der Waals surface area contributed by atoms with Gasteiger partial charge in [0.1, 0.15) is 5.82 Å². The monoisotopic (exact) mass is 363 g/mol. The Morgan fingerprint density at radius 2 is 2.07 bits per heavy atom. The number of aryl methyl sites for hydroxylation is 2. The average Bonchev–Trinajstić information content (AvgIpc) is 3.20. The molecule has 1 atom stereocenters. The minimum Gasteiger partial charge on any atom is -0.350 e. The zero-order valence-corrected chi connectivity index (χ0v) is 16.2. The van der Waals surface area contributed by atoms with Crippen molar-refractivity contribution in [3.63, 3.8) is 0 Å². The summed E-state index contributed by atoms with van der Waals surface area (Å²) < 4.78 is 1.97. The highest BCUT2D eigenvalue weighted by Crippen LogP contribution is 2.25. The van der Waals surface area contributed by atoms with Crippen molar-refractivity contribution in [3.8, 4) is 11.3 Å². The third-order valence-electron chi connectivity index (χ3n) is 4.67. The van der Waals surface area contributed by atoms with E-state index in [9.17, 15) is 4.79 Å². The maximum Gasteiger partial charge on any atom is 0.251 e. The lowest BCUT2D eigenvalue weighted by Gasteiger charge is -2.15. The van der Waals surface area contributed by atoms with Crippen LogP contribution in [0.5, 0.6) is 0 Å². The van der Waals surface area contributed by atoms with E-state index in [1.54, 1.807) is 12.5 Å². The number of imidazole rings is 1. The molecule has 6 nitrogen and oxygen atoms in total. The second kappa shape index (κ2) is 8.12. The molecule has 0 aliphatic heterocycles. The van der Waals surface area contributed by atoms with E-state index in [-0.39, 0.29) is 11.9 Å². The summed E-state index contributed by atoms with van der Waals surface area (Å²) >= 11 is 0.